The molecule has 0 bridgehead atoms. The smallest absolute Gasteiger partial charge is 0.200 e. The summed E-state index contributed by atoms with van der Waals surface area (Å²) in [5, 5.41) is 13.0. The van der Waals surface area contributed by atoms with Crippen molar-refractivity contribution >= 4 is 28.9 Å². The Morgan fingerprint density at radius 2 is 1.82 bits per heavy atom. The van der Waals surface area contributed by atoms with Crippen molar-refractivity contribution in [3.63, 3.8) is 0 Å². The summed E-state index contributed by atoms with van der Waals surface area (Å²) in [6.45, 7) is 3.37. The number of aromatic amines is 2. The first kappa shape index (κ1) is 24.3. The lowest BCUT2D eigenvalue weighted by Gasteiger charge is -2.12. The number of anilines is 2. The number of hydrogen-bond acceptors (Lipinski definition) is 5. The highest BCUT2D eigenvalue weighted by Crippen LogP contribution is 2.25. The van der Waals surface area contributed by atoms with Crippen LogP contribution in [0.4, 0.5) is 24.5 Å². The van der Waals surface area contributed by atoms with E-state index < -0.39 is 28.8 Å². The zero-order valence-corrected chi connectivity index (χ0v) is 18.3. The summed E-state index contributed by atoms with van der Waals surface area (Å²) in [4.78, 5) is 18.1. The van der Waals surface area contributed by atoms with Crippen LogP contribution in [-0.4, -0.2) is 22.2 Å². The number of allylic oxidation sites excluding steroid dienone is 2. The van der Waals surface area contributed by atoms with Crippen LogP contribution in [0.5, 0.6) is 0 Å². The molecule has 0 aliphatic rings. The first-order valence-corrected chi connectivity index (χ1v) is 10.1. The monoisotopic (exact) mass is 469 g/mol. The molecule has 1 heterocycles. The van der Waals surface area contributed by atoms with Gasteiger partial charge in [-0.1, -0.05) is 12.1 Å². The minimum absolute atomic E-state index is 0.00675. The van der Waals surface area contributed by atoms with E-state index in [1.54, 1.807) is 32.2 Å². The topological polar surface area (TPSA) is 106 Å². The fourth-order valence-electron chi connectivity index (χ4n) is 3.11. The van der Waals surface area contributed by atoms with Gasteiger partial charge < -0.3 is 15.6 Å². The number of benzene rings is 2. The predicted octanol–water partition coefficient (Wildman–Crippen LogP) is 5.85. The van der Waals surface area contributed by atoms with Crippen LogP contribution in [0.1, 0.15) is 34.0 Å². The maximum absolute atomic E-state index is 15.1. The predicted molar refractivity (Wildman–Crippen MR) is 124 cm³/mol. The molecule has 3 aromatic rings. The van der Waals surface area contributed by atoms with Crippen molar-refractivity contribution in [1.29, 1.82) is 5.41 Å². The molecule has 0 fully saturated rings. The highest BCUT2D eigenvalue weighted by Gasteiger charge is 2.23. The van der Waals surface area contributed by atoms with Gasteiger partial charge in [0, 0.05) is 29.7 Å². The zero-order chi connectivity index (χ0) is 24.7. The first-order valence-electron chi connectivity index (χ1n) is 10.1. The van der Waals surface area contributed by atoms with E-state index in [0.717, 1.165) is 24.4 Å². The third-order valence-electron chi connectivity index (χ3n) is 4.84. The Balaban J connectivity index is 1.93. The van der Waals surface area contributed by atoms with E-state index in [1.165, 1.54) is 24.4 Å². The van der Waals surface area contributed by atoms with Gasteiger partial charge >= 0.3 is 0 Å². The molecule has 176 valence electrons. The number of hydrogen-bond donors (Lipinski definition) is 5. The second kappa shape index (κ2) is 11.0. The highest BCUT2D eigenvalue weighted by atomic mass is 19.1. The summed E-state index contributed by atoms with van der Waals surface area (Å²) in [7, 11) is 0. The maximum Gasteiger partial charge on any atom is 0.200 e. The minimum Gasteiger partial charge on any atom is -0.308 e. The van der Waals surface area contributed by atoms with E-state index in [0.29, 0.717) is 16.7 Å². The standard InChI is InChI=1S/C24H22F3N5O2/c1-3-15(11-28)16-9-14(2)19(13-30-29-12-16)24(33)22-20(26)7-8-21(23(22)27)32-34-31-18-6-4-5-17(25)10-18/h3-13,28-32H,1-2H3/b14-9?,15-3+,16-12?,19-13?,28-11?. The van der Waals surface area contributed by atoms with Gasteiger partial charge in [-0.15, -0.1) is 0 Å². The number of aromatic nitrogens is 2. The van der Waals surface area contributed by atoms with Crippen molar-refractivity contribution in [2.24, 2.45) is 0 Å². The van der Waals surface area contributed by atoms with Crippen LogP contribution in [0.3, 0.4) is 0 Å². The Bertz CT molecular complexity index is 1300. The molecule has 1 aromatic heterocycles. The molecule has 0 saturated heterocycles. The minimum atomic E-state index is -1.17. The van der Waals surface area contributed by atoms with Gasteiger partial charge in [0.2, 0.25) is 5.78 Å². The molecular weight excluding hydrogens is 447 g/mol. The van der Waals surface area contributed by atoms with E-state index >= 15 is 4.39 Å². The Morgan fingerprint density at radius 1 is 1.06 bits per heavy atom. The zero-order valence-electron chi connectivity index (χ0n) is 18.3. The molecule has 5 N–H and O–H groups in total. The lowest BCUT2D eigenvalue weighted by molar-refractivity contribution is 0.103. The number of halogens is 3. The Morgan fingerprint density at radius 3 is 2.53 bits per heavy atom. The molecule has 0 unspecified atom stereocenters. The molecular formula is C24H22F3N5O2. The van der Waals surface area contributed by atoms with Gasteiger partial charge in [-0.3, -0.25) is 4.79 Å². The fourth-order valence-corrected chi connectivity index (χ4v) is 3.11. The molecule has 0 aliphatic carbocycles. The van der Waals surface area contributed by atoms with Crippen LogP contribution >= 0.6 is 0 Å². The lowest BCUT2D eigenvalue weighted by Crippen LogP contribution is -2.14. The van der Waals surface area contributed by atoms with Crippen molar-refractivity contribution < 1.29 is 22.9 Å². The average molecular weight is 469 g/mol. The van der Waals surface area contributed by atoms with E-state index in [-0.39, 0.29) is 16.9 Å². The van der Waals surface area contributed by atoms with Crippen LogP contribution in [0.15, 0.2) is 60.9 Å². The normalized spacial score (nSPS) is 11.0. The average Bonchev–Trinajstić information content (AvgIpc) is 2.79. The molecule has 7 nitrogen and oxygen atoms in total. The van der Waals surface area contributed by atoms with Crippen molar-refractivity contribution in [2.45, 2.75) is 13.8 Å². The summed E-state index contributed by atoms with van der Waals surface area (Å²) in [5.74, 6) is -3.63. The highest BCUT2D eigenvalue weighted by molar-refractivity contribution is 6.11. The van der Waals surface area contributed by atoms with E-state index in [1.807, 2.05) is 0 Å². The summed E-state index contributed by atoms with van der Waals surface area (Å²) < 4.78 is 42.9. The van der Waals surface area contributed by atoms with Crippen LogP contribution in [0.25, 0.3) is 5.57 Å². The molecule has 0 saturated carbocycles. The third kappa shape index (κ3) is 5.54. The molecule has 0 spiro atoms. The SMILES string of the molecule is C/C=C(\C=N)c1c[nH][nH]cc(C(=O)c2c(F)ccc(NONc3cccc(F)c3)c2F)c(C)c1. The van der Waals surface area contributed by atoms with Crippen molar-refractivity contribution in [2.75, 3.05) is 11.0 Å². The first-order chi connectivity index (χ1) is 16.3. The quantitative estimate of drug-likeness (QED) is 0.162. The largest absolute Gasteiger partial charge is 0.308 e. The molecule has 2 aromatic carbocycles. The van der Waals surface area contributed by atoms with E-state index in [4.69, 9.17) is 10.3 Å². The van der Waals surface area contributed by atoms with Crippen LogP contribution in [-0.2, 0) is 4.94 Å². The number of H-pyrrole nitrogens is 2. The van der Waals surface area contributed by atoms with Gasteiger partial charge in [-0.2, -0.15) is 4.94 Å². The van der Waals surface area contributed by atoms with E-state index in [9.17, 15) is 13.6 Å². The second-order valence-corrected chi connectivity index (χ2v) is 7.09. The molecule has 34 heavy (non-hydrogen) atoms. The Kier molecular flexibility index (Phi) is 7.88. The molecule has 0 radical (unpaired) electrons. The van der Waals surface area contributed by atoms with Crippen LogP contribution < -0.4 is 11.0 Å². The van der Waals surface area contributed by atoms with Gasteiger partial charge in [-0.05, 0) is 61.4 Å². The van der Waals surface area contributed by atoms with Crippen molar-refractivity contribution in [3.8, 4) is 0 Å². The number of rotatable bonds is 8. The van der Waals surface area contributed by atoms with E-state index in [2.05, 4.69) is 21.2 Å². The lowest BCUT2D eigenvalue weighted by atomic mass is 9.98. The van der Waals surface area contributed by atoms with Crippen molar-refractivity contribution in [1.82, 2.24) is 10.2 Å². The number of ketones is 1. The molecule has 0 amide bonds. The van der Waals surface area contributed by atoms with Crippen LogP contribution in [0, 0.1) is 29.8 Å². The van der Waals surface area contributed by atoms with Gasteiger partial charge in [0.25, 0.3) is 0 Å². The van der Waals surface area contributed by atoms with Gasteiger partial charge in [-0.25, -0.2) is 24.1 Å². The summed E-state index contributed by atoms with van der Waals surface area (Å²) in [5.41, 5.74) is 5.37. The van der Waals surface area contributed by atoms with Crippen LogP contribution in [0.2, 0.25) is 0 Å². The van der Waals surface area contributed by atoms with Crippen molar-refractivity contribution in [3.05, 3.63) is 101 Å². The fraction of sp³-hybridized carbons (Fsp3) is 0.0833. The summed E-state index contributed by atoms with van der Waals surface area (Å²) in [6, 6.07) is 8.96. The molecule has 10 heteroatoms. The number of carbonyl (C=O) groups is 1. The maximum atomic E-state index is 15.1. The summed E-state index contributed by atoms with van der Waals surface area (Å²) in [6.07, 6.45) is 5.75. The molecule has 3 rings (SSSR count). The second-order valence-electron chi connectivity index (χ2n) is 7.09. The number of nitrogens with one attached hydrogen (secondary N) is 5. The number of aryl methyl sites for hydroxylation is 1. The van der Waals surface area contributed by atoms with Gasteiger partial charge in [0.15, 0.2) is 5.82 Å². The van der Waals surface area contributed by atoms with Gasteiger partial charge in [0.1, 0.15) is 11.6 Å². The number of carbonyl (C=O) groups excluding carboxylic acids is 1. The van der Waals surface area contributed by atoms with Gasteiger partial charge in [0.05, 0.1) is 16.9 Å². The third-order valence-corrected chi connectivity index (χ3v) is 4.84. The summed E-state index contributed by atoms with van der Waals surface area (Å²) >= 11 is 0. The molecule has 0 aliphatic heterocycles. The molecule has 0 atom stereocenters. The Labute approximate surface area is 193 Å². The Hall–Kier alpha value is -4.31.